The van der Waals surface area contributed by atoms with E-state index in [1.807, 2.05) is 13.8 Å². The van der Waals surface area contributed by atoms with Gasteiger partial charge in [-0.3, -0.25) is 24.0 Å². The molecule has 0 aliphatic carbocycles. The minimum absolute atomic E-state index is 0.0220. The molecule has 1 spiro atoms. The number of ether oxygens (including phenoxy) is 2. The van der Waals surface area contributed by atoms with E-state index in [1.54, 1.807) is 102 Å². The quantitative estimate of drug-likeness (QED) is 0.0828. The van der Waals surface area contributed by atoms with Crippen molar-refractivity contribution in [2.45, 2.75) is 155 Å². The number of piperidine rings is 1. The fraction of sp³-hybridized carbons (Fsp3) is 0.608. The number of hydrogen-bond acceptors (Lipinski definition) is 10. The van der Waals surface area contributed by atoms with Crippen LogP contribution in [0, 0.1) is 11.3 Å². The number of carboxylic acid groups (broad SMARTS) is 1. The number of hydrogen-bond donors (Lipinski definition) is 7. The molecule has 19 nitrogen and oxygen atoms in total. The first-order valence-corrected chi connectivity index (χ1v) is 24.5. The molecule has 398 valence electrons. The van der Waals surface area contributed by atoms with Crippen molar-refractivity contribution in [3.63, 3.8) is 0 Å². The number of likely N-dealkylation sites (tertiary alicyclic amines) is 2. The molecular formula is C51H74F2N8O11. The van der Waals surface area contributed by atoms with Gasteiger partial charge in [0.15, 0.2) is 0 Å². The van der Waals surface area contributed by atoms with Gasteiger partial charge >= 0.3 is 18.3 Å². The summed E-state index contributed by atoms with van der Waals surface area (Å²) in [7, 11) is 0. The average Bonchev–Trinajstić information content (AvgIpc) is 3.25. The van der Waals surface area contributed by atoms with E-state index >= 15 is 8.78 Å². The molecule has 21 heteroatoms. The summed E-state index contributed by atoms with van der Waals surface area (Å²) in [6, 6.07) is 11.2. The highest BCUT2D eigenvalue weighted by molar-refractivity contribution is 5.95. The summed E-state index contributed by atoms with van der Waals surface area (Å²) < 4.78 is 42.8. The molecule has 5 unspecified atom stereocenters. The topological polar surface area (TPSA) is 254 Å². The smallest absolute Gasteiger partial charge is 0.408 e. The Morgan fingerprint density at radius 2 is 1.11 bits per heavy atom. The number of halogens is 2. The van der Waals surface area contributed by atoms with Crippen molar-refractivity contribution >= 4 is 47.8 Å². The monoisotopic (exact) mass is 1010 g/mol. The lowest BCUT2D eigenvalue weighted by Crippen LogP contribution is -2.73. The molecule has 2 aliphatic rings. The molecule has 8 amide bonds. The molecule has 2 heterocycles. The van der Waals surface area contributed by atoms with Crippen LogP contribution in [-0.2, 0) is 46.3 Å². The molecular weight excluding hydrogens is 939 g/mol. The summed E-state index contributed by atoms with van der Waals surface area (Å²) in [6.45, 7) is 13.5. The molecule has 2 aliphatic heterocycles. The number of unbranched alkanes of at least 4 members (excludes halogenated alkanes) is 1. The van der Waals surface area contributed by atoms with Gasteiger partial charge in [-0.1, -0.05) is 74.5 Å². The Bertz CT molecular complexity index is 2200. The zero-order valence-electron chi connectivity index (χ0n) is 42.9. The molecule has 72 heavy (non-hydrogen) atoms. The van der Waals surface area contributed by atoms with E-state index in [9.17, 15) is 43.5 Å². The zero-order valence-corrected chi connectivity index (χ0v) is 42.9. The standard InChI is InChI=1S/C51H74F2N8O11/c1-32(2)26-37(57-41(63)38(27-34-18-12-10-13-19-34)58-42(64)39(59-45(67)68)28-35-20-14-11-15-21-35)40(62)56-36(22-16-17-24-54-46(69)71-48(4,5)6)44(66)61-29-50(30-61)23-25-60(31-51(50,52)53)43(65)33(3)55-47(70)72-49(7,8)9/h10-15,18-21,32-33,36-39,59H,16-17,22-31H2,1-9H3,(H,54,69)(H,55,70)(H,56,62)(H,57,63)(H,58,64)(H,67,68). The van der Waals surface area contributed by atoms with Crippen molar-refractivity contribution in [3.05, 3.63) is 71.8 Å². The molecule has 2 aromatic carbocycles. The molecule has 0 saturated carbocycles. The van der Waals surface area contributed by atoms with Crippen LogP contribution >= 0.6 is 0 Å². The Labute approximate surface area is 420 Å². The summed E-state index contributed by atoms with van der Waals surface area (Å²) >= 11 is 0. The Morgan fingerprint density at radius 3 is 1.61 bits per heavy atom. The Kier molecular flexibility index (Phi) is 20.3. The second-order valence-corrected chi connectivity index (χ2v) is 21.2. The van der Waals surface area contributed by atoms with Crippen molar-refractivity contribution < 1.29 is 61.7 Å². The maximum absolute atomic E-state index is 16.1. The van der Waals surface area contributed by atoms with Gasteiger partial charge in [0.1, 0.15) is 41.4 Å². The minimum atomic E-state index is -3.43. The van der Waals surface area contributed by atoms with E-state index in [-0.39, 0.29) is 70.6 Å². The zero-order chi connectivity index (χ0) is 53.6. The number of alkyl halides is 2. The summed E-state index contributed by atoms with van der Waals surface area (Å²) in [5.41, 5.74) is -1.94. The van der Waals surface area contributed by atoms with Crippen molar-refractivity contribution in [3.8, 4) is 0 Å². The van der Waals surface area contributed by atoms with Crippen molar-refractivity contribution in [2.75, 3.05) is 32.7 Å². The van der Waals surface area contributed by atoms with Gasteiger partial charge in [0.2, 0.25) is 29.5 Å². The maximum Gasteiger partial charge on any atom is 0.408 e. The van der Waals surface area contributed by atoms with Crippen molar-refractivity contribution in [1.82, 2.24) is 41.7 Å². The summed E-state index contributed by atoms with van der Waals surface area (Å²) in [6.07, 6.45) is -2.42. The molecule has 0 radical (unpaired) electrons. The van der Waals surface area contributed by atoms with E-state index in [4.69, 9.17) is 9.47 Å². The molecule has 2 fully saturated rings. The number of nitrogens with one attached hydrogen (secondary N) is 6. The van der Waals surface area contributed by atoms with Gasteiger partial charge in [0.05, 0.1) is 12.0 Å². The number of benzene rings is 2. The predicted octanol–water partition coefficient (Wildman–Crippen LogP) is 4.91. The van der Waals surface area contributed by atoms with Crippen LogP contribution in [0.3, 0.4) is 0 Å². The first kappa shape index (κ1) is 58.0. The molecule has 7 N–H and O–H groups in total. The van der Waals surface area contributed by atoms with E-state index in [0.29, 0.717) is 17.5 Å². The van der Waals surface area contributed by atoms with Gasteiger partial charge in [-0.15, -0.1) is 0 Å². The van der Waals surface area contributed by atoms with Crippen LogP contribution in [0.2, 0.25) is 0 Å². The third kappa shape index (κ3) is 17.9. The van der Waals surface area contributed by atoms with Gasteiger partial charge in [-0.2, -0.15) is 0 Å². The lowest BCUT2D eigenvalue weighted by molar-refractivity contribution is -0.225. The van der Waals surface area contributed by atoms with Gasteiger partial charge in [-0.05, 0) is 97.6 Å². The highest BCUT2D eigenvalue weighted by atomic mass is 19.3. The predicted molar refractivity (Wildman–Crippen MR) is 263 cm³/mol. The molecule has 4 rings (SSSR count). The highest BCUT2D eigenvalue weighted by Gasteiger charge is 2.64. The number of carbonyl (C=O) groups is 8. The van der Waals surface area contributed by atoms with Gasteiger partial charge in [-0.25, -0.2) is 23.2 Å². The Balaban J connectivity index is 1.52. The van der Waals surface area contributed by atoms with Crippen molar-refractivity contribution in [1.29, 1.82) is 0 Å². The van der Waals surface area contributed by atoms with Crippen LogP contribution in [0.5, 0.6) is 0 Å². The summed E-state index contributed by atoms with van der Waals surface area (Å²) in [5, 5.41) is 25.1. The van der Waals surface area contributed by atoms with Crippen LogP contribution in [0.25, 0.3) is 0 Å². The number of rotatable bonds is 21. The summed E-state index contributed by atoms with van der Waals surface area (Å²) in [5.74, 6) is -7.26. The second-order valence-electron chi connectivity index (χ2n) is 21.2. The molecule has 0 aromatic heterocycles. The van der Waals surface area contributed by atoms with Crippen LogP contribution < -0.4 is 31.9 Å². The normalized spacial score (nSPS) is 17.2. The summed E-state index contributed by atoms with van der Waals surface area (Å²) in [4.78, 5) is 109. The number of amides is 8. The van der Waals surface area contributed by atoms with Gasteiger partial charge < -0.3 is 56.3 Å². The van der Waals surface area contributed by atoms with E-state index in [1.165, 1.54) is 11.8 Å². The van der Waals surface area contributed by atoms with Crippen LogP contribution in [0.15, 0.2) is 60.7 Å². The van der Waals surface area contributed by atoms with Gasteiger partial charge in [0.25, 0.3) is 5.92 Å². The van der Waals surface area contributed by atoms with Crippen LogP contribution in [-0.4, -0.2) is 143 Å². The second kappa shape index (κ2) is 25.2. The Hall–Kier alpha value is -6.54. The fourth-order valence-electron chi connectivity index (χ4n) is 8.50. The van der Waals surface area contributed by atoms with E-state index in [2.05, 4.69) is 31.9 Å². The SMILES string of the molecule is CC(C)CC(NC(=O)C(Cc1ccccc1)NC(=O)C(Cc1ccccc1)NC(=O)O)C(=O)NC(CCCCNC(=O)OC(C)(C)C)C(=O)N1CC2(CCN(C(=O)C(C)NC(=O)OC(C)(C)C)CC2(F)F)C1. The maximum atomic E-state index is 16.1. The molecule has 5 atom stereocenters. The van der Waals surface area contributed by atoms with E-state index < -0.39 is 107 Å². The third-order valence-corrected chi connectivity index (χ3v) is 12.1. The molecule has 2 aromatic rings. The van der Waals surface area contributed by atoms with Gasteiger partial charge in [0, 0.05) is 39.0 Å². The van der Waals surface area contributed by atoms with Crippen molar-refractivity contribution in [2.24, 2.45) is 11.3 Å². The highest BCUT2D eigenvalue weighted by Crippen LogP contribution is 2.50. The fourth-order valence-corrected chi connectivity index (χ4v) is 8.50. The van der Waals surface area contributed by atoms with Crippen LogP contribution in [0.1, 0.15) is 106 Å². The number of carbonyl (C=O) groups excluding carboxylic acids is 7. The molecule has 2 saturated heterocycles. The van der Waals surface area contributed by atoms with E-state index in [0.717, 1.165) is 4.90 Å². The lowest BCUT2D eigenvalue weighted by atomic mass is 9.68. The minimum Gasteiger partial charge on any atom is -0.465 e. The average molecular weight is 1010 g/mol. The number of alkyl carbamates (subject to hydrolysis) is 2. The first-order chi connectivity index (χ1) is 33.6. The largest absolute Gasteiger partial charge is 0.465 e. The Morgan fingerprint density at radius 1 is 0.625 bits per heavy atom. The van der Waals surface area contributed by atoms with Crippen LogP contribution in [0.4, 0.5) is 23.2 Å². The number of nitrogens with zero attached hydrogens (tertiary/aromatic N) is 2. The molecule has 0 bridgehead atoms. The first-order valence-electron chi connectivity index (χ1n) is 24.5. The lowest BCUT2D eigenvalue weighted by Gasteiger charge is -2.57. The third-order valence-electron chi connectivity index (χ3n) is 12.1.